The van der Waals surface area contributed by atoms with Crippen molar-refractivity contribution in [1.82, 2.24) is 9.97 Å². The third-order valence-electron chi connectivity index (χ3n) is 7.05. The topological polar surface area (TPSA) is 52.1 Å². The van der Waals surface area contributed by atoms with Gasteiger partial charge in [-0.3, -0.25) is 4.79 Å². The Kier molecular flexibility index (Phi) is 11.6. The fourth-order valence-corrected chi connectivity index (χ4v) is 4.91. The van der Waals surface area contributed by atoms with Crippen molar-refractivity contribution in [3.05, 3.63) is 41.7 Å². The Morgan fingerprint density at radius 1 is 0.912 bits per heavy atom. The van der Waals surface area contributed by atoms with Crippen LogP contribution in [0.3, 0.4) is 0 Å². The quantitative estimate of drug-likeness (QED) is 0.151. The highest BCUT2D eigenvalue weighted by molar-refractivity contribution is 5.72. The van der Waals surface area contributed by atoms with Crippen LogP contribution in [0.25, 0.3) is 11.4 Å². The molecule has 0 radical (unpaired) electrons. The van der Waals surface area contributed by atoms with E-state index in [-0.39, 0.29) is 5.97 Å². The lowest BCUT2D eigenvalue weighted by Crippen LogP contribution is -2.16. The number of hydrogen-bond acceptors (Lipinski definition) is 4. The van der Waals surface area contributed by atoms with E-state index in [1.54, 1.807) is 0 Å². The van der Waals surface area contributed by atoms with Crippen LogP contribution < -0.4 is 4.74 Å². The number of rotatable bonds is 15. The normalized spacial score (nSPS) is 15.2. The molecule has 0 saturated heterocycles. The molecule has 1 aromatic carbocycles. The minimum Gasteiger partial charge on any atom is -0.427 e. The first-order chi connectivity index (χ1) is 16.7. The molecule has 34 heavy (non-hydrogen) atoms. The number of esters is 1. The summed E-state index contributed by atoms with van der Waals surface area (Å²) in [7, 11) is 0. The average molecular weight is 465 g/mol. The van der Waals surface area contributed by atoms with Crippen molar-refractivity contribution in [3.63, 3.8) is 0 Å². The molecule has 186 valence electrons. The van der Waals surface area contributed by atoms with Crippen molar-refractivity contribution in [3.8, 4) is 17.1 Å². The van der Waals surface area contributed by atoms with Gasteiger partial charge in [0.15, 0.2) is 5.82 Å². The third kappa shape index (κ3) is 8.85. The minimum atomic E-state index is -0.148. The van der Waals surface area contributed by atoms with E-state index >= 15 is 0 Å². The molecule has 1 aromatic heterocycles. The van der Waals surface area contributed by atoms with Gasteiger partial charge in [0.25, 0.3) is 0 Å². The minimum absolute atomic E-state index is 0.148. The van der Waals surface area contributed by atoms with E-state index < -0.39 is 0 Å². The van der Waals surface area contributed by atoms with Crippen molar-refractivity contribution in [2.75, 3.05) is 0 Å². The van der Waals surface area contributed by atoms with Crippen molar-refractivity contribution in [1.29, 1.82) is 0 Å². The van der Waals surface area contributed by atoms with Gasteiger partial charge in [0.05, 0.1) is 0 Å². The Balaban J connectivity index is 1.45. The van der Waals surface area contributed by atoms with Crippen LogP contribution in [0.1, 0.15) is 115 Å². The summed E-state index contributed by atoms with van der Waals surface area (Å²) < 4.78 is 5.49. The van der Waals surface area contributed by atoms with Crippen LogP contribution in [0.15, 0.2) is 30.5 Å². The Hall–Kier alpha value is -2.23. The number of aromatic nitrogens is 2. The van der Waals surface area contributed by atoms with Gasteiger partial charge in [-0.15, -0.1) is 0 Å². The van der Waals surface area contributed by atoms with Crippen LogP contribution in [-0.4, -0.2) is 15.9 Å². The molecule has 4 heteroatoms. The van der Waals surface area contributed by atoms with E-state index in [9.17, 15) is 4.79 Å². The van der Waals surface area contributed by atoms with E-state index in [0.29, 0.717) is 12.2 Å². The molecule has 2 aromatic rings. The fourth-order valence-electron chi connectivity index (χ4n) is 4.91. The molecule has 0 amide bonds. The number of fused-ring (bicyclic) bond motifs is 1. The molecule has 3 rings (SSSR count). The maximum Gasteiger partial charge on any atom is 0.311 e. The number of benzene rings is 1. The molecule has 0 aliphatic heterocycles. The summed E-state index contributed by atoms with van der Waals surface area (Å²) in [6, 6.07) is 7.61. The van der Waals surface area contributed by atoms with Gasteiger partial charge < -0.3 is 4.74 Å². The first kappa shape index (κ1) is 26.4. The fraction of sp³-hybridized carbons (Fsp3) is 0.633. The van der Waals surface area contributed by atoms with Crippen molar-refractivity contribution < 1.29 is 9.53 Å². The maximum atomic E-state index is 12.1. The van der Waals surface area contributed by atoms with Crippen LogP contribution in [-0.2, 0) is 17.6 Å². The Morgan fingerprint density at radius 2 is 1.59 bits per heavy atom. The van der Waals surface area contributed by atoms with E-state index in [1.807, 2.05) is 30.5 Å². The lowest BCUT2D eigenvalue weighted by Gasteiger charge is -2.24. The molecule has 0 saturated carbocycles. The Bertz CT molecular complexity index is 863. The molecule has 1 heterocycles. The predicted molar refractivity (Wildman–Crippen MR) is 140 cm³/mol. The molecule has 1 aliphatic rings. The number of hydrogen-bond donors (Lipinski definition) is 0. The van der Waals surface area contributed by atoms with Gasteiger partial charge in [-0.2, -0.15) is 0 Å². The molecular formula is C30H44N2O2. The molecule has 0 spiro atoms. The highest BCUT2D eigenvalue weighted by Crippen LogP contribution is 2.29. The van der Waals surface area contributed by atoms with Crippen LogP contribution in [0.2, 0.25) is 0 Å². The van der Waals surface area contributed by atoms with E-state index in [1.165, 1.54) is 81.9 Å². The first-order valence-corrected chi connectivity index (χ1v) is 13.9. The van der Waals surface area contributed by atoms with Gasteiger partial charge in [-0.25, -0.2) is 9.97 Å². The summed E-state index contributed by atoms with van der Waals surface area (Å²) >= 11 is 0. The molecule has 1 aliphatic carbocycles. The first-order valence-electron chi connectivity index (χ1n) is 13.9. The number of aryl methyl sites for hydroxylation is 1. The highest BCUT2D eigenvalue weighted by Gasteiger charge is 2.20. The van der Waals surface area contributed by atoms with Crippen LogP contribution >= 0.6 is 0 Å². The maximum absolute atomic E-state index is 12.1. The highest BCUT2D eigenvalue weighted by atomic mass is 16.5. The van der Waals surface area contributed by atoms with Gasteiger partial charge in [-0.1, -0.05) is 84.5 Å². The zero-order chi connectivity index (χ0) is 24.0. The Morgan fingerprint density at radius 3 is 2.32 bits per heavy atom. The second-order valence-corrected chi connectivity index (χ2v) is 9.99. The van der Waals surface area contributed by atoms with Crippen LogP contribution in [0.5, 0.6) is 5.75 Å². The van der Waals surface area contributed by atoms with Gasteiger partial charge >= 0.3 is 5.97 Å². The zero-order valence-electron chi connectivity index (χ0n) is 21.5. The van der Waals surface area contributed by atoms with Crippen LogP contribution in [0, 0.1) is 5.92 Å². The van der Waals surface area contributed by atoms with Gasteiger partial charge in [0, 0.05) is 23.9 Å². The number of unbranched alkanes of at least 4 members (excludes halogenated alkanes) is 9. The van der Waals surface area contributed by atoms with Gasteiger partial charge in [-0.05, 0) is 61.4 Å². The molecule has 0 bridgehead atoms. The number of nitrogens with zero attached hydrogens (tertiary/aromatic N) is 2. The number of carbonyl (C=O) groups excluding carboxylic acids is 1. The van der Waals surface area contributed by atoms with Crippen molar-refractivity contribution in [2.45, 2.75) is 117 Å². The molecule has 0 N–H and O–H groups in total. The number of carbonyl (C=O) groups is 1. The van der Waals surface area contributed by atoms with E-state index in [4.69, 9.17) is 9.72 Å². The second-order valence-electron chi connectivity index (χ2n) is 9.99. The van der Waals surface area contributed by atoms with Crippen LogP contribution in [0.4, 0.5) is 0 Å². The molecule has 1 atom stereocenters. The monoisotopic (exact) mass is 464 g/mol. The smallest absolute Gasteiger partial charge is 0.311 e. The average Bonchev–Trinajstić information content (AvgIpc) is 2.86. The van der Waals surface area contributed by atoms with Crippen molar-refractivity contribution in [2.24, 2.45) is 5.92 Å². The van der Waals surface area contributed by atoms with Gasteiger partial charge in [0.1, 0.15) is 5.75 Å². The Labute approximate surface area is 206 Å². The lowest BCUT2D eigenvalue weighted by atomic mass is 9.84. The summed E-state index contributed by atoms with van der Waals surface area (Å²) in [5.41, 5.74) is 3.51. The predicted octanol–water partition coefficient (Wildman–Crippen LogP) is 8.27. The summed E-state index contributed by atoms with van der Waals surface area (Å²) in [5, 5.41) is 0. The summed E-state index contributed by atoms with van der Waals surface area (Å²) in [6.07, 6.45) is 21.1. The summed E-state index contributed by atoms with van der Waals surface area (Å²) in [6.45, 7) is 4.47. The second kappa shape index (κ2) is 14.9. The molecule has 4 nitrogen and oxygen atoms in total. The largest absolute Gasteiger partial charge is 0.427 e. The lowest BCUT2D eigenvalue weighted by molar-refractivity contribution is -0.134. The van der Waals surface area contributed by atoms with Crippen molar-refractivity contribution >= 4 is 5.97 Å². The molecule has 1 unspecified atom stereocenters. The van der Waals surface area contributed by atoms with Gasteiger partial charge in [0.2, 0.25) is 0 Å². The van der Waals surface area contributed by atoms with E-state index in [0.717, 1.165) is 43.0 Å². The third-order valence-corrected chi connectivity index (χ3v) is 7.05. The zero-order valence-corrected chi connectivity index (χ0v) is 21.5. The molecular weight excluding hydrogens is 420 g/mol. The summed E-state index contributed by atoms with van der Waals surface area (Å²) in [5.74, 6) is 2.00. The SMILES string of the molecule is CCCCCCCCC1CCc2nc(-c3ccc(OC(=O)CCCCCCC)cc3)ncc2C1. The number of ether oxygens (including phenoxy) is 1. The standard InChI is InChI=1S/C30H44N2O2/c1-3-5-7-9-11-12-14-24-16-21-28-26(22-24)23-31-30(32-28)25-17-19-27(20-18-25)34-29(33)15-13-10-8-6-4-2/h17-20,23-24H,3-16,21-22H2,1-2H3. The molecule has 0 fully saturated rings. The van der Waals surface area contributed by atoms with E-state index in [2.05, 4.69) is 18.8 Å². The summed E-state index contributed by atoms with van der Waals surface area (Å²) in [4.78, 5) is 21.6.